The summed E-state index contributed by atoms with van der Waals surface area (Å²) >= 11 is 6.12. The van der Waals surface area contributed by atoms with Crippen molar-refractivity contribution in [2.45, 2.75) is 0 Å². The molecule has 0 radical (unpaired) electrons. The van der Waals surface area contributed by atoms with Crippen molar-refractivity contribution in [1.82, 2.24) is 4.90 Å². The van der Waals surface area contributed by atoms with Crippen LogP contribution in [0.15, 0.2) is 24.3 Å². The maximum atomic E-state index is 12.1. The second-order valence-electron chi connectivity index (χ2n) is 4.33. The largest absolute Gasteiger partial charge is 0.330 e. The Hall–Kier alpha value is -1.26. The van der Waals surface area contributed by atoms with E-state index in [1.165, 1.54) is 0 Å². The van der Waals surface area contributed by atoms with Crippen LogP contribution < -0.4 is 10.6 Å². The molecule has 0 spiro atoms. The molecule has 0 aliphatic carbocycles. The minimum absolute atomic E-state index is 0.0252. The van der Waals surface area contributed by atoms with Crippen molar-refractivity contribution in [3.8, 4) is 0 Å². The molecule has 1 fully saturated rings. The maximum absolute atomic E-state index is 12.1. The Balaban J connectivity index is 2.30. The first-order valence-electron chi connectivity index (χ1n) is 5.60. The molecule has 1 atom stereocenters. The van der Waals surface area contributed by atoms with Gasteiger partial charge in [-0.05, 0) is 18.7 Å². The lowest BCUT2D eigenvalue weighted by atomic mass is 10.1. The van der Waals surface area contributed by atoms with Gasteiger partial charge in [-0.3, -0.25) is 4.90 Å². The molecule has 5 heteroatoms. The first-order chi connectivity index (χ1) is 8.13. The van der Waals surface area contributed by atoms with Crippen LogP contribution in [0.1, 0.15) is 0 Å². The summed E-state index contributed by atoms with van der Waals surface area (Å²) in [5, 5.41) is 0.590. The molecule has 0 aromatic heterocycles. The summed E-state index contributed by atoms with van der Waals surface area (Å²) in [6.45, 7) is 1.90. The number of halogens is 1. The molecule has 17 heavy (non-hydrogen) atoms. The number of anilines is 1. The minimum atomic E-state index is -0.0252. The van der Waals surface area contributed by atoms with E-state index in [-0.39, 0.29) is 11.9 Å². The molecule has 2 amide bonds. The van der Waals surface area contributed by atoms with E-state index in [1.807, 2.05) is 18.2 Å². The van der Waals surface area contributed by atoms with E-state index in [1.54, 1.807) is 22.9 Å². The van der Waals surface area contributed by atoms with E-state index in [2.05, 4.69) is 0 Å². The summed E-state index contributed by atoms with van der Waals surface area (Å²) < 4.78 is 0. The highest BCUT2D eigenvalue weighted by Gasteiger charge is 2.30. The Kier molecular flexibility index (Phi) is 3.54. The highest BCUT2D eigenvalue weighted by atomic mass is 35.5. The van der Waals surface area contributed by atoms with Gasteiger partial charge < -0.3 is 10.6 Å². The lowest BCUT2D eigenvalue weighted by Gasteiger charge is -2.38. The lowest BCUT2D eigenvalue weighted by molar-refractivity contribution is 0.194. The number of urea groups is 1. The van der Waals surface area contributed by atoms with Crippen molar-refractivity contribution < 1.29 is 4.79 Å². The molecule has 0 bridgehead atoms. The van der Waals surface area contributed by atoms with Crippen LogP contribution in [0.3, 0.4) is 0 Å². The first-order valence-corrected chi connectivity index (χ1v) is 5.98. The van der Waals surface area contributed by atoms with Gasteiger partial charge in [-0.25, -0.2) is 4.79 Å². The average molecular weight is 254 g/mol. The third-order valence-corrected chi connectivity index (χ3v) is 3.33. The summed E-state index contributed by atoms with van der Waals surface area (Å²) in [5.41, 5.74) is 6.45. The fourth-order valence-electron chi connectivity index (χ4n) is 2.09. The van der Waals surface area contributed by atoms with Gasteiger partial charge in [0, 0.05) is 26.1 Å². The van der Waals surface area contributed by atoms with Crippen LogP contribution in [-0.4, -0.2) is 37.6 Å². The quantitative estimate of drug-likeness (QED) is 0.874. The molecular weight excluding hydrogens is 238 g/mol. The van der Waals surface area contributed by atoms with E-state index in [0.717, 1.165) is 5.69 Å². The number of para-hydroxylation sites is 1. The van der Waals surface area contributed by atoms with Gasteiger partial charge in [0.15, 0.2) is 0 Å². The van der Waals surface area contributed by atoms with E-state index < -0.39 is 0 Å². The van der Waals surface area contributed by atoms with E-state index in [0.29, 0.717) is 24.7 Å². The SMILES string of the molecule is CN1CC(CN)CN(c2ccccc2Cl)C1=O. The fraction of sp³-hybridized carbons (Fsp3) is 0.417. The van der Waals surface area contributed by atoms with Crippen LogP contribution >= 0.6 is 11.6 Å². The Labute approximate surface area is 106 Å². The molecule has 2 rings (SSSR count). The molecule has 1 aromatic carbocycles. The van der Waals surface area contributed by atoms with Crippen LogP contribution in [0.25, 0.3) is 0 Å². The average Bonchev–Trinajstić information content (AvgIpc) is 2.33. The van der Waals surface area contributed by atoms with E-state index in [9.17, 15) is 4.79 Å². The third-order valence-electron chi connectivity index (χ3n) is 3.01. The van der Waals surface area contributed by atoms with Gasteiger partial charge in [-0.2, -0.15) is 0 Å². The predicted molar refractivity (Wildman–Crippen MR) is 69.4 cm³/mol. The molecule has 1 heterocycles. The smallest absolute Gasteiger partial charge is 0.324 e. The van der Waals surface area contributed by atoms with Crippen LogP contribution in [0.5, 0.6) is 0 Å². The molecule has 4 nitrogen and oxygen atoms in total. The van der Waals surface area contributed by atoms with E-state index >= 15 is 0 Å². The van der Waals surface area contributed by atoms with Crippen LogP contribution in [0, 0.1) is 5.92 Å². The molecule has 1 saturated heterocycles. The third kappa shape index (κ3) is 2.37. The number of nitrogens with zero attached hydrogens (tertiary/aromatic N) is 2. The summed E-state index contributed by atoms with van der Waals surface area (Å²) in [4.78, 5) is 15.5. The summed E-state index contributed by atoms with van der Waals surface area (Å²) in [7, 11) is 1.79. The number of carbonyl (C=O) groups excluding carboxylic acids is 1. The Morgan fingerprint density at radius 1 is 1.41 bits per heavy atom. The number of hydrogen-bond acceptors (Lipinski definition) is 2. The van der Waals surface area contributed by atoms with Gasteiger partial charge in [0.05, 0.1) is 10.7 Å². The van der Waals surface area contributed by atoms with Crippen molar-refractivity contribution in [3.63, 3.8) is 0 Å². The zero-order valence-corrected chi connectivity index (χ0v) is 10.5. The zero-order chi connectivity index (χ0) is 12.4. The van der Waals surface area contributed by atoms with Crippen LogP contribution in [0.2, 0.25) is 5.02 Å². The number of hydrogen-bond donors (Lipinski definition) is 1. The second-order valence-corrected chi connectivity index (χ2v) is 4.73. The zero-order valence-electron chi connectivity index (χ0n) is 9.77. The van der Waals surface area contributed by atoms with Gasteiger partial charge in [0.2, 0.25) is 0 Å². The summed E-state index contributed by atoms with van der Waals surface area (Å²) in [6, 6.07) is 7.34. The maximum Gasteiger partial charge on any atom is 0.324 e. The molecule has 0 saturated carbocycles. The normalized spacial score (nSPS) is 20.9. The lowest BCUT2D eigenvalue weighted by Crippen LogP contribution is -2.53. The molecule has 1 aromatic rings. The Morgan fingerprint density at radius 2 is 2.12 bits per heavy atom. The van der Waals surface area contributed by atoms with Gasteiger partial charge in [-0.1, -0.05) is 23.7 Å². The van der Waals surface area contributed by atoms with Crippen LogP contribution in [-0.2, 0) is 0 Å². The molecule has 1 aliphatic heterocycles. The summed E-state index contributed by atoms with van der Waals surface area (Å²) in [5.74, 6) is 0.286. The molecule has 2 N–H and O–H groups in total. The fourth-order valence-corrected chi connectivity index (χ4v) is 2.32. The molecular formula is C12H16ClN3O. The topological polar surface area (TPSA) is 49.6 Å². The predicted octanol–water partition coefficient (Wildman–Crippen LogP) is 1.79. The Bertz CT molecular complexity index is 424. The second kappa shape index (κ2) is 4.94. The molecule has 1 aliphatic rings. The number of amides is 2. The minimum Gasteiger partial charge on any atom is -0.330 e. The monoisotopic (exact) mass is 253 g/mol. The van der Waals surface area contributed by atoms with Crippen molar-refractivity contribution in [3.05, 3.63) is 29.3 Å². The number of carbonyl (C=O) groups is 1. The first kappa shape index (κ1) is 12.2. The highest BCUT2D eigenvalue weighted by Crippen LogP contribution is 2.28. The van der Waals surface area contributed by atoms with Crippen molar-refractivity contribution in [2.75, 3.05) is 31.6 Å². The molecule has 1 unspecified atom stereocenters. The van der Waals surface area contributed by atoms with Gasteiger partial charge >= 0.3 is 6.03 Å². The van der Waals surface area contributed by atoms with Crippen molar-refractivity contribution >= 4 is 23.3 Å². The van der Waals surface area contributed by atoms with Crippen molar-refractivity contribution in [2.24, 2.45) is 11.7 Å². The highest BCUT2D eigenvalue weighted by molar-refractivity contribution is 6.33. The standard InChI is InChI=1S/C12H16ClN3O/c1-15-7-9(6-14)8-16(12(15)17)11-5-3-2-4-10(11)13/h2-5,9H,6-8,14H2,1H3. The molecule has 92 valence electrons. The van der Waals surface area contributed by atoms with Gasteiger partial charge in [0.25, 0.3) is 0 Å². The van der Waals surface area contributed by atoms with Crippen molar-refractivity contribution in [1.29, 1.82) is 0 Å². The number of benzene rings is 1. The summed E-state index contributed by atoms with van der Waals surface area (Å²) in [6.07, 6.45) is 0. The Morgan fingerprint density at radius 3 is 2.76 bits per heavy atom. The van der Waals surface area contributed by atoms with Crippen LogP contribution in [0.4, 0.5) is 10.5 Å². The number of rotatable bonds is 2. The van der Waals surface area contributed by atoms with Gasteiger partial charge in [-0.15, -0.1) is 0 Å². The van der Waals surface area contributed by atoms with E-state index in [4.69, 9.17) is 17.3 Å². The van der Waals surface area contributed by atoms with Gasteiger partial charge in [0.1, 0.15) is 0 Å². The number of nitrogens with two attached hydrogens (primary N) is 1.